The van der Waals surface area contributed by atoms with Gasteiger partial charge in [0, 0.05) is 0 Å². The molecule has 0 aromatic heterocycles. The van der Waals surface area contributed by atoms with Gasteiger partial charge in [-0.1, -0.05) is 101 Å². The van der Waals surface area contributed by atoms with Crippen LogP contribution in [0, 0.1) is 0 Å². The van der Waals surface area contributed by atoms with Crippen molar-refractivity contribution in [3.63, 3.8) is 0 Å². The maximum Gasteiger partial charge on any atom is -0.0126 e. The van der Waals surface area contributed by atoms with Crippen molar-refractivity contribution in [1.82, 2.24) is 0 Å². The molecular weight excluding hydrogens is 276 g/mol. The summed E-state index contributed by atoms with van der Waals surface area (Å²) in [4.78, 5) is 0. The van der Waals surface area contributed by atoms with Gasteiger partial charge >= 0.3 is 0 Å². The molecule has 0 bridgehead atoms. The molecule has 0 spiro atoms. The summed E-state index contributed by atoms with van der Waals surface area (Å²) < 4.78 is 0. The van der Waals surface area contributed by atoms with Gasteiger partial charge < -0.3 is 0 Å². The molecule has 0 aliphatic rings. The van der Waals surface area contributed by atoms with E-state index in [1.165, 1.54) is 27.8 Å². The van der Waals surface area contributed by atoms with E-state index in [-0.39, 0.29) is 12.8 Å². The van der Waals surface area contributed by atoms with Gasteiger partial charge in [0.1, 0.15) is 0 Å². The van der Waals surface area contributed by atoms with Crippen molar-refractivity contribution >= 4 is 0 Å². The van der Waals surface area contributed by atoms with Crippen molar-refractivity contribution in [2.24, 2.45) is 0 Å². The van der Waals surface area contributed by atoms with Crippen LogP contribution in [0.25, 0.3) is 22.3 Å². The number of benzene rings is 3. The number of hydrogen-bond acceptors (Lipinski definition) is 0. The minimum atomic E-state index is 0. The molecule has 3 aromatic rings. The molecule has 0 N–H and O–H groups in total. The summed E-state index contributed by atoms with van der Waals surface area (Å²) in [6.45, 7) is 6.82. The maximum absolute atomic E-state index is 2.32. The maximum atomic E-state index is 2.32. The molecule has 0 aliphatic heterocycles. The molecule has 0 atom stereocenters. The average Bonchev–Trinajstić information content (AvgIpc) is 2.55. The van der Waals surface area contributed by atoms with E-state index in [0.29, 0.717) is 0 Å². The fourth-order valence-corrected chi connectivity index (χ4v) is 2.86. The second kappa shape index (κ2) is 6.83. The summed E-state index contributed by atoms with van der Waals surface area (Å²) in [5, 5.41) is 0. The molecule has 0 saturated carbocycles. The Kier molecular flexibility index (Phi) is 5.05. The van der Waals surface area contributed by atoms with Crippen molar-refractivity contribution in [3.05, 3.63) is 84.4 Å². The second-order valence-electron chi connectivity index (χ2n) is 6.74. The topological polar surface area (TPSA) is 0 Å². The third-order valence-electron chi connectivity index (χ3n) is 4.02. The summed E-state index contributed by atoms with van der Waals surface area (Å²) >= 11 is 0. The zero-order valence-corrected chi connectivity index (χ0v) is 13.5. The molecule has 0 aliphatic carbocycles. The van der Waals surface area contributed by atoms with Crippen molar-refractivity contribution < 1.29 is 0 Å². The lowest BCUT2D eigenvalue weighted by Crippen LogP contribution is -2.12. The van der Waals surface area contributed by atoms with Gasteiger partial charge in [-0.05, 0) is 39.3 Å². The van der Waals surface area contributed by atoms with Crippen molar-refractivity contribution in [2.75, 3.05) is 0 Å². The summed E-state index contributed by atoms with van der Waals surface area (Å²) in [7, 11) is 0. The van der Waals surface area contributed by atoms with E-state index < -0.39 is 0 Å². The zero-order chi connectivity index (χ0) is 15.6. The standard InChI is InChI=1S/C22H22.CH4/c1-22(2,3)21-15-14-19(17-10-6-4-7-11-17)16-20(21)18-12-8-5-9-13-18;/h4-16H,1-3H3;1H4. The normalized spacial score (nSPS) is 10.9. The van der Waals surface area contributed by atoms with Crippen molar-refractivity contribution in [3.8, 4) is 22.3 Å². The highest BCUT2D eigenvalue weighted by molar-refractivity contribution is 5.76. The Morgan fingerprint density at radius 3 is 1.61 bits per heavy atom. The smallest absolute Gasteiger partial charge is 0.0126 e. The highest BCUT2D eigenvalue weighted by Crippen LogP contribution is 2.36. The highest BCUT2D eigenvalue weighted by Gasteiger charge is 2.19. The van der Waals surface area contributed by atoms with E-state index >= 15 is 0 Å². The lowest BCUT2D eigenvalue weighted by atomic mass is 9.80. The van der Waals surface area contributed by atoms with Gasteiger partial charge in [0.15, 0.2) is 0 Å². The van der Waals surface area contributed by atoms with E-state index in [1.54, 1.807) is 0 Å². The predicted octanol–water partition coefficient (Wildman–Crippen LogP) is 6.95. The van der Waals surface area contributed by atoms with Crippen LogP contribution in [0.15, 0.2) is 78.9 Å². The molecule has 3 aromatic carbocycles. The van der Waals surface area contributed by atoms with Crippen LogP contribution in [0.2, 0.25) is 0 Å². The lowest BCUT2D eigenvalue weighted by molar-refractivity contribution is 0.592. The third kappa shape index (κ3) is 3.71. The van der Waals surface area contributed by atoms with Crippen molar-refractivity contribution in [2.45, 2.75) is 33.6 Å². The van der Waals surface area contributed by atoms with Crippen LogP contribution >= 0.6 is 0 Å². The Labute approximate surface area is 140 Å². The monoisotopic (exact) mass is 302 g/mol. The minimum absolute atomic E-state index is 0. The minimum Gasteiger partial charge on any atom is -0.0776 e. The van der Waals surface area contributed by atoms with Gasteiger partial charge in [0.05, 0.1) is 0 Å². The molecule has 0 saturated heterocycles. The molecule has 118 valence electrons. The Morgan fingerprint density at radius 1 is 0.565 bits per heavy atom. The van der Waals surface area contributed by atoms with E-state index in [9.17, 15) is 0 Å². The summed E-state index contributed by atoms with van der Waals surface area (Å²) in [5.74, 6) is 0. The highest BCUT2D eigenvalue weighted by atomic mass is 14.2. The van der Waals surface area contributed by atoms with Gasteiger partial charge in [-0.2, -0.15) is 0 Å². The fraction of sp³-hybridized carbons (Fsp3) is 0.217. The Bertz CT molecular complexity index is 747. The Hall–Kier alpha value is -2.34. The van der Waals surface area contributed by atoms with E-state index in [1.807, 2.05) is 0 Å². The van der Waals surface area contributed by atoms with Crippen molar-refractivity contribution in [1.29, 1.82) is 0 Å². The molecular formula is C23H26. The van der Waals surface area contributed by atoms with Crippen LogP contribution in [0.3, 0.4) is 0 Å². The molecule has 0 heteroatoms. The number of rotatable bonds is 2. The molecule has 0 unspecified atom stereocenters. The third-order valence-corrected chi connectivity index (χ3v) is 4.02. The van der Waals surface area contributed by atoms with Gasteiger partial charge in [-0.3, -0.25) is 0 Å². The largest absolute Gasteiger partial charge is 0.0776 e. The van der Waals surface area contributed by atoms with Gasteiger partial charge in [0.2, 0.25) is 0 Å². The van der Waals surface area contributed by atoms with Crippen LogP contribution in [0.4, 0.5) is 0 Å². The van der Waals surface area contributed by atoms with Gasteiger partial charge in [-0.15, -0.1) is 0 Å². The lowest BCUT2D eigenvalue weighted by Gasteiger charge is -2.24. The van der Waals surface area contributed by atoms with E-state index in [2.05, 4.69) is 99.6 Å². The Morgan fingerprint density at radius 2 is 1.09 bits per heavy atom. The van der Waals surface area contributed by atoms with Crippen LogP contribution in [0.5, 0.6) is 0 Å². The van der Waals surface area contributed by atoms with Crippen LogP contribution in [-0.4, -0.2) is 0 Å². The first kappa shape index (κ1) is 17.0. The van der Waals surface area contributed by atoms with Gasteiger partial charge in [-0.25, -0.2) is 0 Å². The first-order valence-electron chi connectivity index (χ1n) is 7.81. The van der Waals surface area contributed by atoms with Gasteiger partial charge in [0.25, 0.3) is 0 Å². The number of hydrogen-bond donors (Lipinski definition) is 0. The first-order chi connectivity index (χ1) is 10.6. The summed E-state index contributed by atoms with van der Waals surface area (Å²) in [6.07, 6.45) is 0. The molecule has 23 heavy (non-hydrogen) atoms. The first-order valence-corrected chi connectivity index (χ1v) is 7.81. The molecule has 0 radical (unpaired) electrons. The zero-order valence-electron chi connectivity index (χ0n) is 13.5. The predicted molar refractivity (Wildman–Crippen MR) is 103 cm³/mol. The molecule has 0 heterocycles. The second-order valence-corrected chi connectivity index (χ2v) is 6.74. The van der Waals surface area contributed by atoms with Crippen LogP contribution in [0.1, 0.15) is 33.8 Å². The molecule has 3 rings (SSSR count). The average molecular weight is 302 g/mol. The van der Waals surface area contributed by atoms with E-state index in [0.717, 1.165) is 0 Å². The molecule has 0 nitrogen and oxygen atoms in total. The quantitative estimate of drug-likeness (QED) is 0.480. The van der Waals surface area contributed by atoms with E-state index in [4.69, 9.17) is 0 Å². The van der Waals surface area contributed by atoms with Crippen LogP contribution in [-0.2, 0) is 5.41 Å². The Balaban J connectivity index is 0.00000192. The van der Waals surface area contributed by atoms with Crippen LogP contribution < -0.4 is 0 Å². The fourth-order valence-electron chi connectivity index (χ4n) is 2.86. The summed E-state index contributed by atoms with van der Waals surface area (Å²) in [6, 6.07) is 28.1. The molecule has 0 amide bonds. The SMILES string of the molecule is C.CC(C)(C)c1ccc(-c2ccccc2)cc1-c1ccccc1. The summed E-state index contributed by atoms with van der Waals surface area (Å²) in [5.41, 5.74) is 6.66. The molecule has 0 fully saturated rings.